The summed E-state index contributed by atoms with van der Waals surface area (Å²) < 4.78 is 1.77. The highest BCUT2D eigenvalue weighted by Gasteiger charge is 2.40. The molecule has 0 radical (unpaired) electrons. The lowest BCUT2D eigenvalue weighted by atomic mass is 10.1. The molecule has 3 rings (SSSR count). The Kier molecular flexibility index (Phi) is 2.46. The fourth-order valence-electron chi connectivity index (χ4n) is 2.61. The van der Waals surface area contributed by atoms with E-state index in [1.54, 1.807) is 10.9 Å². The summed E-state index contributed by atoms with van der Waals surface area (Å²) in [6.45, 7) is 1.91. The number of aromatic nitrogens is 4. The molecule has 2 heterocycles. The number of aliphatic hydroxyl groups is 2. The van der Waals surface area contributed by atoms with Crippen LogP contribution in [-0.4, -0.2) is 41.9 Å². The van der Waals surface area contributed by atoms with Gasteiger partial charge in [-0.3, -0.25) is 0 Å². The Morgan fingerprint density at radius 3 is 2.72 bits per heavy atom. The second-order valence-corrected chi connectivity index (χ2v) is 4.84. The average Bonchev–Trinajstić information content (AvgIpc) is 2.88. The normalized spacial score (nSPS) is 32.2. The van der Waals surface area contributed by atoms with Gasteiger partial charge >= 0.3 is 0 Å². The Morgan fingerprint density at radius 2 is 2.06 bits per heavy atom. The molecule has 0 aromatic carbocycles. The van der Waals surface area contributed by atoms with Crippen molar-refractivity contribution < 1.29 is 10.2 Å². The van der Waals surface area contributed by atoms with E-state index < -0.39 is 12.2 Å². The molecule has 0 bridgehead atoms. The number of hydrogen-bond acceptors (Lipinski definition) is 6. The topological polar surface area (TPSA) is 110 Å². The third kappa shape index (κ3) is 1.48. The minimum atomic E-state index is -0.811. The number of anilines is 1. The maximum atomic E-state index is 10.1. The zero-order chi connectivity index (χ0) is 12.9. The van der Waals surface area contributed by atoms with Crippen molar-refractivity contribution in [1.82, 2.24) is 19.5 Å². The fraction of sp³-hybridized carbons (Fsp3) is 0.545. The van der Waals surface area contributed by atoms with Crippen LogP contribution in [0.2, 0.25) is 0 Å². The van der Waals surface area contributed by atoms with Gasteiger partial charge in [-0.15, -0.1) is 0 Å². The van der Waals surface area contributed by atoms with Gasteiger partial charge in [0.25, 0.3) is 0 Å². The third-order valence-corrected chi connectivity index (χ3v) is 3.68. The van der Waals surface area contributed by atoms with Gasteiger partial charge in [0.2, 0.25) is 0 Å². The maximum Gasteiger partial charge on any atom is 0.165 e. The molecule has 0 unspecified atom stereocenters. The van der Waals surface area contributed by atoms with E-state index in [1.807, 2.05) is 6.92 Å². The molecule has 0 spiro atoms. The molecule has 7 nitrogen and oxygen atoms in total. The molecule has 18 heavy (non-hydrogen) atoms. The first-order valence-electron chi connectivity index (χ1n) is 5.88. The van der Waals surface area contributed by atoms with E-state index in [0.29, 0.717) is 23.4 Å². The van der Waals surface area contributed by atoms with Crippen molar-refractivity contribution in [2.75, 3.05) is 5.73 Å². The SMILES string of the molecule is C[C@H]1C[C@@H](n2cnc3c(N)ncnc32)[C@H](O)[C@@H]1O. The average molecular weight is 249 g/mol. The summed E-state index contributed by atoms with van der Waals surface area (Å²) in [5, 5.41) is 19.9. The Morgan fingerprint density at radius 1 is 1.28 bits per heavy atom. The van der Waals surface area contributed by atoms with Crippen LogP contribution in [0.25, 0.3) is 11.2 Å². The van der Waals surface area contributed by atoms with Crippen LogP contribution in [0.5, 0.6) is 0 Å². The molecule has 7 heteroatoms. The number of nitrogens with two attached hydrogens (primary N) is 1. The molecule has 2 aromatic rings. The van der Waals surface area contributed by atoms with Crippen LogP contribution < -0.4 is 5.73 Å². The van der Waals surface area contributed by atoms with Gasteiger partial charge in [0.1, 0.15) is 17.9 Å². The van der Waals surface area contributed by atoms with E-state index >= 15 is 0 Å². The molecule has 1 fully saturated rings. The van der Waals surface area contributed by atoms with Crippen molar-refractivity contribution in [3.8, 4) is 0 Å². The predicted molar refractivity (Wildman–Crippen MR) is 64.6 cm³/mol. The predicted octanol–water partition coefficient (Wildman–Crippen LogP) is -0.289. The first-order valence-corrected chi connectivity index (χ1v) is 5.88. The largest absolute Gasteiger partial charge is 0.390 e. The molecule has 2 aromatic heterocycles. The number of nitrogen functional groups attached to an aromatic ring is 1. The van der Waals surface area contributed by atoms with Gasteiger partial charge in [-0.05, 0) is 12.3 Å². The molecular formula is C11H15N5O2. The van der Waals surface area contributed by atoms with E-state index in [2.05, 4.69) is 15.0 Å². The van der Waals surface area contributed by atoms with Crippen molar-refractivity contribution in [3.05, 3.63) is 12.7 Å². The van der Waals surface area contributed by atoms with Crippen LogP contribution in [0.15, 0.2) is 12.7 Å². The van der Waals surface area contributed by atoms with Gasteiger partial charge < -0.3 is 20.5 Å². The Labute approximate surface area is 103 Å². The zero-order valence-electron chi connectivity index (χ0n) is 9.93. The number of rotatable bonds is 1. The summed E-state index contributed by atoms with van der Waals surface area (Å²) >= 11 is 0. The Bertz CT molecular complexity index is 584. The van der Waals surface area contributed by atoms with Crippen molar-refractivity contribution in [1.29, 1.82) is 0 Å². The van der Waals surface area contributed by atoms with E-state index in [9.17, 15) is 10.2 Å². The minimum Gasteiger partial charge on any atom is -0.390 e. The monoisotopic (exact) mass is 249 g/mol. The van der Waals surface area contributed by atoms with Gasteiger partial charge in [-0.2, -0.15) is 0 Å². The molecule has 4 atom stereocenters. The molecule has 1 aliphatic carbocycles. The number of nitrogens with zero attached hydrogens (tertiary/aromatic N) is 4. The standard InChI is InChI=1S/C11H15N5O2/c1-5-2-6(9(18)8(5)17)16-4-15-7-10(12)13-3-14-11(7)16/h3-6,8-9,17-18H,2H2,1H3,(H2,12,13,14)/t5-,6+,8+,9-/m0/s1. The minimum absolute atomic E-state index is 0.0432. The lowest BCUT2D eigenvalue weighted by Crippen LogP contribution is -2.28. The Balaban J connectivity index is 2.08. The molecule has 0 saturated heterocycles. The summed E-state index contributed by atoms with van der Waals surface area (Å²) in [4.78, 5) is 12.2. The van der Waals surface area contributed by atoms with Crippen molar-refractivity contribution in [2.45, 2.75) is 31.6 Å². The van der Waals surface area contributed by atoms with Crippen LogP contribution in [0, 0.1) is 5.92 Å². The van der Waals surface area contributed by atoms with Crippen LogP contribution in [-0.2, 0) is 0 Å². The lowest BCUT2D eigenvalue weighted by molar-refractivity contribution is 0.00964. The smallest absolute Gasteiger partial charge is 0.165 e. The van der Waals surface area contributed by atoms with E-state index in [-0.39, 0.29) is 12.0 Å². The zero-order valence-corrected chi connectivity index (χ0v) is 9.93. The molecule has 96 valence electrons. The van der Waals surface area contributed by atoms with Crippen molar-refractivity contribution >= 4 is 17.0 Å². The van der Waals surface area contributed by atoms with Crippen molar-refractivity contribution in [2.24, 2.45) is 5.92 Å². The van der Waals surface area contributed by atoms with Gasteiger partial charge in [0.05, 0.1) is 18.5 Å². The quantitative estimate of drug-likeness (QED) is 0.640. The molecule has 4 N–H and O–H groups in total. The maximum absolute atomic E-state index is 10.1. The van der Waals surface area contributed by atoms with Gasteiger partial charge in [0.15, 0.2) is 11.5 Å². The second-order valence-electron chi connectivity index (χ2n) is 4.84. The summed E-state index contributed by atoms with van der Waals surface area (Å²) in [6, 6.07) is -0.228. The van der Waals surface area contributed by atoms with Gasteiger partial charge in [0, 0.05) is 0 Å². The van der Waals surface area contributed by atoms with Crippen LogP contribution >= 0.6 is 0 Å². The van der Waals surface area contributed by atoms with Crippen LogP contribution in [0.3, 0.4) is 0 Å². The molecule has 0 aliphatic heterocycles. The molecule has 1 aliphatic rings. The van der Waals surface area contributed by atoms with Gasteiger partial charge in [-0.1, -0.05) is 6.92 Å². The summed E-state index contributed by atoms with van der Waals surface area (Å²) in [6.07, 6.45) is 2.11. The summed E-state index contributed by atoms with van der Waals surface area (Å²) in [5.74, 6) is 0.362. The molecular weight excluding hydrogens is 234 g/mol. The third-order valence-electron chi connectivity index (χ3n) is 3.68. The fourth-order valence-corrected chi connectivity index (χ4v) is 2.61. The number of aliphatic hydroxyl groups excluding tert-OH is 2. The highest BCUT2D eigenvalue weighted by atomic mass is 16.3. The van der Waals surface area contributed by atoms with Crippen molar-refractivity contribution in [3.63, 3.8) is 0 Å². The first kappa shape index (κ1) is 11.4. The number of hydrogen-bond donors (Lipinski definition) is 3. The van der Waals surface area contributed by atoms with Crippen LogP contribution in [0.4, 0.5) is 5.82 Å². The highest BCUT2D eigenvalue weighted by molar-refractivity contribution is 5.81. The van der Waals surface area contributed by atoms with Crippen LogP contribution in [0.1, 0.15) is 19.4 Å². The second kappa shape index (κ2) is 3.89. The summed E-state index contributed by atoms with van der Waals surface area (Å²) in [5.41, 5.74) is 6.84. The number of fused-ring (bicyclic) bond motifs is 1. The van der Waals surface area contributed by atoms with E-state index in [1.165, 1.54) is 6.33 Å². The lowest BCUT2D eigenvalue weighted by Gasteiger charge is -2.18. The molecule has 0 amide bonds. The van der Waals surface area contributed by atoms with Gasteiger partial charge in [-0.25, -0.2) is 15.0 Å². The highest BCUT2D eigenvalue weighted by Crippen LogP contribution is 2.36. The molecule has 1 saturated carbocycles. The first-order chi connectivity index (χ1) is 8.59. The Hall–Kier alpha value is -1.73. The van der Waals surface area contributed by atoms with E-state index in [0.717, 1.165) is 0 Å². The number of imidazole rings is 1. The summed E-state index contributed by atoms with van der Waals surface area (Å²) in [7, 11) is 0. The van der Waals surface area contributed by atoms with E-state index in [4.69, 9.17) is 5.73 Å².